The molecule has 0 spiro atoms. The summed E-state index contributed by atoms with van der Waals surface area (Å²) in [7, 11) is -3.34. The summed E-state index contributed by atoms with van der Waals surface area (Å²) in [6.45, 7) is 8.33. The Morgan fingerprint density at radius 3 is 2.50 bits per heavy atom. The first-order valence-electron chi connectivity index (χ1n) is 6.88. The topological polar surface area (TPSA) is 75.4 Å². The lowest BCUT2D eigenvalue weighted by Gasteiger charge is -2.35. The molecule has 108 valence electrons. The first kappa shape index (κ1) is 15.9. The molecule has 1 atom stereocenters. The van der Waals surface area contributed by atoms with Crippen LogP contribution in [0.1, 0.15) is 33.1 Å². The molecule has 1 saturated heterocycles. The molecule has 0 aromatic heterocycles. The van der Waals surface area contributed by atoms with Gasteiger partial charge in [-0.3, -0.25) is 0 Å². The summed E-state index contributed by atoms with van der Waals surface area (Å²) in [4.78, 5) is 2.51. The minimum atomic E-state index is -3.34. The predicted octanol–water partition coefficient (Wildman–Crippen LogP) is 0.375. The average molecular weight is 277 g/mol. The molecule has 1 unspecified atom stereocenters. The molecule has 0 aromatic carbocycles. The molecule has 0 radical (unpaired) electrons. The highest BCUT2D eigenvalue weighted by molar-refractivity contribution is 7.89. The second-order valence-corrected chi connectivity index (χ2v) is 7.02. The van der Waals surface area contributed by atoms with Crippen molar-refractivity contribution in [2.24, 2.45) is 11.1 Å². The molecule has 1 heterocycles. The number of piperidine rings is 1. The zero-order chi connectivity index (χ0) is 13.6. The monoisotopic (exact) mass is 277 g/mol. The largest absolute Gasteiger partial charge is 0.313 e. The summed E-state index contributed by atoms with van der Waals surface area (Å²) in [6.07, 6.45) is 3.61. The highest BCUT2D eigenvalue weighted by Crippen LogP contribution is 2.20. The van der Waals surface area contributed by atoms with Gasteiger partial charge < -0.3 is 10.2 Å². The molecule has 18 heavy (non-hydrogen) atoms. The van der Waals surface area contributed by atoms with E-state index in [2.05, 4.69) is 24.1 Å². The van der Waals surface area contributed by atoms with Crippen LogP contribution in [-0.2, 0) is 10.0 Å². The van der Waals surface area contributed by atoms with Gasteiger partial charge in [-0.2, -0.15) is 0 Å². The number of sulfonamides is 1. The zero-order valence-electron chi connectivity index (χ0n) is 11.6. The predicted molar refractivity (Wildman–Crippen MR) is 74.9 cm³/mol. The molecule has 0 saturated carbocycles. The van der Waals surface area contributed by atoms with E-state index >= 15 is 0 Å². The quantitative estimate of drug-likeness (QED) is 0.705. The van der Waals surface area contributed by atoms with Crippen LogP contribution in [0.3, 0.4) is 0 Å². The van der Waals surface area contributed by atoms with E-state index in [9.17, 15) is 8.42 Å². The van der Waals surface area contributed by atoms with Crippen LogP contribution in [0.15, 0.2) is 0 Å². The molecule has 0 amide bonds. The molecule has 1 rings (SSSR count). The van der Waals surface area contributed by atoms with Crippen molar-refractivity contribution < 1.29 is 8.42 Å². The van der Waals surface area contributed by atoms with Crippen LogP contribution in [0.2, 0.25) is 0 Å². The average Bonchev–Trinajstić information content (AvgIpc) is 2.28. The van der Waals surface area contributed by atoms with Gasteiger partial charge in [-0.25, -0.2) is 13.6 Å². The Morgan fingerprint density at radius 1 is 1.39 bits per heavy atom. The highest BCUT2D eigenvalue weighted by atomic mass is 32.2. The second kappa shape index (κ2) is 7.43. The lowest BCUT2D eigenvalue weighted by molar-refractivity contribution is 0.163. The number of rotatable bonds is 7. The van der Waals surface area contributed by atoms with E-state index in [1.807, 2.05) is 0 Å². The Balaban J connectivity index is 2.21. The van der Waals surface area contributed by atoms with E-state index in [0.717, 1.165) is 0 Å². The summed E-state index contributed by atoms with van der Waals surface area (Å²) in [5.41, 5.74) is 0. The van der Waals surface area contributed by atoms with Crippen molar-refractivity contribution in [3.8, 4) is 0 Å². The minimum Gasteiger partial charge on any atom is -0.313 e. The van der Waals surface area contributed by atoms with Gasteiger partial charge in [0.2, 0.25) is 10.0 Å². The van der Waals surface area contributed by atoms with E-state index in [1.165, 1.54) is 38.9 Å². The van der Waals surface area contributed by atoms with Crippen molar-refractivity contribution in [2.45, 2.75) is 39.2 Å². The van der Waals surface area contributed by atoms with Gasteiger partial charge in [0, 0.05) is 12.6 Å². The minimum absolute atomic E-state index is 0.0199. The molecular weight excluding hydrogens is 250 g/mol. The van der Waals surface area contributed by atoms with Crippen LogP contribution < -0.4 is 10.5 Å². The summed E-state index contributed by atoms with van der Waals surface area (Å²) in [6, 6.07) is 0.371. The molecule has 0 aromatic rings. The smallest absolute Gasteiger partial charge is 0.210 e. The first-order valence-corrected chi connectivity index (χ1v) is 8.60. The molecule has 0 bridgehead atoms. The van der Waals surface area contributed by atoms with Gasteiger partial charge in [-0.1, -0.05) is 6.92 Å². The van der Waals surface area contributed by atoms with Gasteiger partial charge in [0.05, 0.1) is 5.75 Å². The Morgan fingerprint density at radius 2 is 2.00 bits per heavy atom. The molecule has 3 N–H and O–H groups in total. The van der Waals surface area contributed by atoms with Crippen molar-refractivity contribution in [1.82, 2.24) is 10.2 Å². The van der Waals surface area contributed by atoms with Crippen LogP contribution in [-0.4, -0.2) is 51.3 Å². The Hall–Kier alpha value is -0.170. The molecule has 6 heteroatoms. The van der Waals surface area contributed by atoms with Gasteiger partial charge in [0.25, 0.3) is 0 Å². The molecule has 5 nitrogen and oxygen atoms in total. The fraction of sp³-hybridized carbons (Fsp3) is 1.00. The van der Waals surface area contributed by atoms with Crippen LogP contribution >= 0.6 is 0 Å². The third-order valence-electron chi connectivity index (χ3n) is 3.73. The van der Waals surface area contributed by atoms with Crippen LogP contribution in [0.25, 0.3) is 0 Å². The Labute approximate surface area is 111 Å². The fourth-order valence-electron chi connectivity index (χ4n) is 2.59. The number of hydrogen-bond donors (Lipinski definition) is 2. The van der Waals surface area contributed by atoms with Crippen LogP contribution in [0, 0.1) is 5.92 Å². The maximum absolute atomic E-state index is 10.8. The Bertz CT molecular complexity index is 324. The van der Waals surface area contributed by atoms with Crippen molar-refractivity contribution in [1.29, 1.82) is 0 Å². The van der Waals surface area contributed by atoms with E-state index in [1.54, 1.807) is 0 Å². The van der Waals surface area contributed by atoms with Crippen molar-refractivity contribution in [2.75, 3.05) is 31.9 Å². The van der Waals surface area contributed by atoms with E-state index in [4.69, 9.17) is 5.14 Å². The van der Waals surface area contributed by atoms with Crippen LogP contribution in [0.5, 0.6) is 0 Å². The first-order chi connectivity index (χ1) is 8.42. The van der Waals surface area contributed by atoms with Crippen molar-refractivity contribution in [3.63, 3.8) is 0 Å². The van der Waals surface area contributed by atoms with Gasteiger partial charge in [0.1, 0.15) is 0 Å². The molecule has 1 fully saturated rings. The van der Waals surface area contributed by atoms with E-state index in [-0.39, 0.29) is 5.75 Å². The molecule has 1 aliphatic rings. The fourth-order valence-corrected chi connectivity index (χ4v) is 2.99. The van der Waals surface area contributed by atoms with E-state index < -0.39 is 10.0 Å². The van der Waals surface area contributed by atoms with Crippen LogP contribution in [0.4, 0.5) is 0 Å². The molecular formula is C12H27N3O2S. The highest BCUT2D eigenvalue weighted by Gasteiger charge is 2.23. The summed E-state index contributed by atoms with van der Waals surface area (Å²) in [5.74, 6) is 0.671. The number of likely N-dealkylation sites (tertiary alicyclic amines) is 1. The summed E-state index contributed by atoms with van der Waals surface area (Å²) < 4.78 is 21.7. The third kappa shape index (κ3) is 6.13. The lowest BCUT2D eigenvalue weighted by Crippen LogP contribution is -2.43. The standard InChI is InChI=1S/C12H27N3O2S/c1-3-7-15-8-4-12(5-9-15)11(2)14-6-10-18(13,16)17/h11-12,14H,3-10H2,1-2H3,(H2,13,16,17). The normalized spacial score (nSPS) is 21.1. The lowest BCUT2D eigenvalue weighted by atomic mass is 9.90. The maximum atomic E-state index is 10.8. The number of nitrogens with one attached hydrogen (secondary N) is 1. The number of nitrogens with two attached hydrogens (primary N) is 1. The van der Waals surface area contributed by atoms with Gasteiger partial charge in [-0.15, -0.1) is 0 Å². The zero-order valence-corrected chi connectivity index (χ0v) is 12.4. The number of primary sulfonamides is 1. The third-order valence-corrected chi connectivity index (χ3v) is 4.51. The molecule has 0 aliphatic carbocycles. The SMILES string of the molecule is CCCN1CCC(C(C)NCCS(N)(=O)=O)CC1. The number of hydrogen-bond acceptors (Lipinski definition) is 4. The van der Waals surface area contributed by atoms with Gasteiger partial charge >= 0.3 is 0 Å². The van der Waals surface area contributed by atoms with Gasteiger partial charge in [0.15, 0.2) is 0 Å². The Kier molecular flexibility index (Phi) is 6.55. The molecule has 1 aliphatic heterocycles. The van der Waals surface area contributed by atoms with Crippen molar-refractivity contribution in [3.05, 3.63) is 0 Å². The summed E-state index contributed by atoms with van der Waals surface area (Å²) in [5, 5.41) is 8.26. The summed E-state index contributed by atoms with van der Waals surface area (Å²) >= 11 is 0. The maximum Gasteiger partial charge on any atom is 0.210 e. The second-order valence-electron chi connectivity index (χ2n) is 5.29. The van der Waals surface area contributed by atoms with Crippen molar-refractivity contribution >= 4 is 10.0 Å². The van der Waals surface area contributed by atoms with Gasteiger partial charge in [-0.05, 0) is 51.7 Å². The number of nitrogens with zero attached hydrogens (tertiary/aromatic N) is 1. The van der Waals surface area contributed by atoms with E-state index in [0.29, 0.717) is 18.5 Å².